The van der Waals surface area contributed by atoms with Crippen LogP contribution in [0, 0.1) is 12.3 Å². The van der Waals surface area contributed by atoms with Crippen molar-refractivity contribution < 1.29 is 23.6 Å². The van der Waals surface area contributed by atoms with E-state index in [9.17, 15) is 0 Å². The Kier molecular flexibility index (Phi) is 5.38. The van der Waals surface area contributed by atoms with E-state index in [0.29, 0.717) is 6.61 Å². The molecule has 0 saturated carbocycles. The van der Waals surface area contributed by atoms with E-state index in [1.54, 1.807) is 12.1 Å². The Morgan fingerprint density at radius 3 is 2.33 bits per heavy atom. The third-order valence-corrected chi connectivity index (χ3v) is 1.31. The van der Waals surface area contributed by atoms with Gasteiger partial charge < -0.3 is 11.2 Å². The molecule has 2 heteroatoms. The van der Waals surface area contributed by atoms with Gasteiger partial charge in [-0.2, -0.15) is 0 Å². The molecule has 0 atom stereocenters. The molecule has 0 spiro atoms. The van der Waals surface area contributed by atoms with Crippen molar-refractivity contribution in [2.45, 2.75) is 6.92 Å². The Morgan fingerprint density at radius 1 is 1.33 bits per heavy atom. The number of hydrogen-bond donors (Lipinski definition) is 0. The van der Waals surface area contributed by atoms with Gasteiger partial charge in [0.15, 0.2) is 0 Å². The molecule has 0 aliphatic heterocycles. The zero-order valence-corrected chi connectivity index (χ0v) is 7.42. The fourth-order valence-electron chi connectivity index (χ4n) is 0.801. The fraction of sp³-hybridized carbons (Fsp3) is 0.200. The Bertz CT molecular complexity index is 258. The largest absolute Gasteiger partial charge is 1.00 e. The summed E-state index contributed by atoms with van der Waals surface area (Å²) in [5, 5.41) is 0. The van der Waals surface area contributed by atoms with Crippen molar-refractivity contribution in [1.82, 2.24) is 0 Å². The minimum absolute atomic E-state index is 0. The predicted molar refractivity (Wildman–Crippen MR) is 43.8 cm³/mol. The first kappa shape index (κ1) is 11.2. The molecule has 0 unspecified atom stereocenters. The predicted octanol–water partition coefficient (Wildman–Crippen LogP) is -0.973. The summed E-state index contributed by atoms with van der Waals surface area (Å²) in [6, 6.07) is 7.27. The first-order valence-corrected chi connectivity index (χ1v) is 3.52. The van der Waals surface area contributed by atoms with Crippen molar-refractivity contribution in [2.75, 3.05) is 6.61 Å². The van der Waals surface area contributed by atoms with Gasteiger partial charge >= 0.3 is 18.9 Å². The van der Waals surface area contributed by atoms with E-state index in [0.717, 1.165) is 11.3 Å². The Morgan fingerprint density at radius 2 is 1.92 bits per heavy atom. The standard InChI is InChI=1S/C10H9O.Li/c1-3-9-5-7-10(8-6-9)11-4-2;/h5-8H,4H2,2H3;/q-1;+1. The van der Waals surface area contributed by atoms with Gasteiger partial charge in [0.25, 0.3) is 0 Å². The van der Waals surface area contributed by atoms with Crippen LogP contribution < -0.4 is 23.6 Å². The van der Waals surface area contributed by atoms with E-state index in [2.05, 4.69) is 5.92 Å². The number of hydrogen-bond acceptors (Lipinski definition) is 1. The van der Waals surface area contributed by atoms with E-state index in [4.69, 9.17) is 11.2 Å². The number of ether oxygens (including phenoxy) is 1. The van der Waals surface area contributed by atoms with Crippen LogP contribution in [0.2, 0.25) is 0 Å². The molecule has 0 fully saturated rings. The van der Waals surface area contributed by atoms with E-state index < -0.39 is 0 Å². The smallest absolute Gasteiger partial charge is 0.494 e. The summed E-state index contributed by atoms with van der Waals surface area (Å²) < 4.78 is 5.22. The van der Waals surface area contributed by atoms with Gasteiger partial charge in [0.1, 0.15) is 5.75 Å². The third kappa shape index (κ3) is 3.05. The van der Waals surface area contributed by atoms with Gasteiger partial charge in [0.05, 0.1) is 6.61 Å². The van der Waals surface area contributed by atoms with E-state index in [1.807, 2.05) is 19.1 Å². The first-order valence-electron chi connectivity index (χ1n) is 3.52. The van der Waals surface area contributed by atoms with Crippen molar-refractivity contribution in [1.29, 1.82) is 0 Å². The van der Waals surface area contributed by atoms with E-state index >= 15 is 0 Å². The topological polar surface area (TPSA) is 9.23 Å². The molecule has 1 rings (SSSR count). The maximum Gasteiger partial charge on any atom is 1.00 e. The molecule has 0 saturated heterocycles. The average molecular weight is 152 g/mol. The zero-order chi connectivity index (χ0) is 8.10. The number of rotatable bonds is 2. The van der Waals surface area contributed by atoms with Crippen LogP contribution in [0.4, 0.5) is 0 Å². The third-order valence-electron chi connectivity index (χ3n) is 1.31. The van der Waals surface area contributed by atoms with Gasteiger partial charge in [-0.3, -0.25) is 5.92 Å². The molecule has 0 N–H and O–H groups in total. The molecule has 0 bridgehead atoms. The minimum Gasteiger partial charge on any atom is -0.494 e. The van der Waals surface area contributed by atoms with Crippen molar-refractivity contribution in [2.24, 2.45) is 0 Å². The monoisotopic (exact) mass is 152 g/mol. The van der Waals surface area contributed by atoms with Crippen LogP contribution in [0.25, 0.3) is 0 Å². The second-order valence-corrected chi connectivity index (χ2v) is 2.08. The summed E-state index contributed by atoms with van der Waals surface area (Å²) in [5.41, 5.74) is 0.772. The molecular weight excluding hydrogens is 143 g/mol. The zero-order valence-electron chi connectivity index (χ0n) is 7.42. The fourth-order valence-corrected chi connectivity index (χ4v) is 0.801. The molecule has 0 radical (unpaired) electrons. The molecule has 0 aliphatic rings. The van der Waals surface area contributed by atoms with Crippen LogP contribution in [-0.2, 0) is 0 Å². The second-order valence-electron chi connectivity index (χ2n) is 2.08. The molecule has 0 aliphatic carbocycles. The maximum atomic E-state index is 6.83. The minimum atomic E-state index is 0. The molecular formula is C10H9LiO. The van der Waals surface area contributed by atoms with Gasteiger partial charge in [-0.05, 0) is 19.1 Å². The molecule has 56 valence electrons. The van der Waals surface area contributed by atoms with Crippen LogP contribution in [0.15, 0.2) is 24.3 Å². The van der Waals surface area contributed by atoms with E-state index in [-0.39, 0.29) is 18.9 Å². The van der Waals surface area contributed by atoms with Gasteiger partial charge in [-0.1, -0.05) is 0 Å². The molecule has 0 aromatic heterocycles. The summed E-state index contributed by atoms with van der Waals surface area (Å²) in [6.07, 6.45) is 6.83. The van der Waals surface area contributed by atoms with Crippen LogP contribution in [0.1, 0.15) is 12.5 Å². The second kappa shape index (κ2) is 5.78. The molecule has 1 aromatic carbocycles. The average Bonchev–Trinajstić information content (AvgIpc) is 2.07. The first-order chi connectivity index (χ1) is 5.36. The van der Waals surface area contributed by atoms with Crippen LogP contribution in [0.5, 0.6) is 5.75 Å². The normalized spacial score (nSPS) is 8.00. The van der Waals surface area contributed by atoms with Crippen molar-refractivity contribution in [3.63, 3.8) is 0 Å². The van der Waals surface area contributed by atoms with Crippen LogP contribution >= 0.6 is 0 Å². The summed E-state index contributed by atoms with van der Waals surface area (Å²) in [7, 11) is 0. The SMILES string of the molecule is [C-]#Cc1ccc(OCC)cc1.[Li+]. The Hall–Kier alpha value is -0.823. The number of benzene rings is 1. The molecule has 0 amide bonds. The molecule has 12 heavy (non-hydrogen) atoms. The quantitative estimate of drug-likeness (QED) is 0.301. The molecule has 1 aromatic rings. The Labute approximate surface area is 85.3 Å². The van der Waals surface area contributed by atoms with E-state index in [1.165, 1.54) is 0 Å². The molecule has 0 heterocycles. The van der Waals surface area contributed by atoms with Crippen LogP contribution in [0.3, 0.4) is 0 Å². The maximum absolute atomic E-state index is 6.83. The Balaban J connectivity index is 0.00000121. The van der Waals surface area contributed by atoms with Gasteiger partial charge in [0, 0.05) is 0 Å². The van der Waals surface area contributed by atoms with Gasteiger partial charge in [-0.25, -0.2) is 0 Å². The van der Waals surface area contributed by atoms with Crippen molar-refractivity contribution in [3.05, 3.63) is 36.3 Å². The summed E-state index contributed by atoms with van der Waals surface area (Å²) >= 11 is 0. The van der Waals surface area contributed by atoms with Crippen molar-refractivity contribution >= 4 is 0 Å². The molecule has 1 nitrogen and oxygen atoms in total. The summed E-state index contributed by atoms with van der Waals surface area (Å²) in [4.78, 5) is 0. The van der Waals surface area contributed by atoms with Crippen molar-refractivity contribution in [3.8, 4) is 11.7 Å². The van der Waals surface area contributed by atoms with Gasteiger partial charge in [-0.15, -0.1) is 17.7 Å². The summed E-state index contributed by atoms with van der Waals surface area (Å²) in [6.45, 7) is 2.62. The van der Waals surface area contributed by atoms with Gasteiger partial charge in [0.2, 0.25) is 0 Å². The van der Waals surface area contributed by atoms with Crippen LogP contribution in [-0.4, -0.2) is 6.61 Å². The summed E-state index contributed by atoms with van der Waals surface area (Å²) in [5.74, 6) is 3.13.